The number of carbonyl (C=O) groups is 2. The fourth-order valence-corrected chi connectivity index (χ4v) is 2.84. The largest absolute Gasteiger partial charge is 0.481 e. The number of nitrogens with zero attached hydrogens (tertiary/aromatic N) is 1. The van der Waals surface area contributed by atoms with Gasteiger partial charge >= 0.3 is 5.97 Å². The maximum atomic E-state index is 12.5. The Labute approximate surface area is 134 Å². The molecule has 0 aliphatic heterocycles. The number of rotatable bonds is 8. The highest BCUT2D eigenvalue weighted by Crippen LogP contribution is 2.20. The summed E-state index contributed by atoms with van der Waals surface area (Å²) in [5, 5.41) is 12.7. The van der Waals surface area contributed by atoms with E-state index in [9.17, 15) is 9.59 Å². The Kier molecular flexibility index (Phi) is 6.15. The van der Waals surface area contributed by atoms with Crippen LogP contribution in [0, 0.1) is 0 Å². The number of hydrogen-bond acceptors (Lipinski definition) is 3. The molecule has 1 heterocycles. The van der Waals surface area contributed by atoms with Crippen LogP contribution in [0.3, 0.4) is 0 Å². The van der Waals surface area contributed by atoms with Crippen molar-refractivity contribution in [2.24, 2.45) is 0 Å². The highest BCUT2D eigenvalue weighted by Gasteiger charge is 2.16. The van der Waals surface area contributed by atoms with E-state index in [-0.39, 0.29) is 12.3 Å². The molecule has 5 heteroatoms. The second-order valence-corrected chi connectivity index (χ2v) is 5.83. The quantitative estimate of drug-likeness (QED) is 0.751. The van der Waals surface area contributed by atoms with Crippen molar-refractivity contribution in [1.29, 1.82) is 0 Å². The molecule has 1 N–H and O–H groups in total. The number of unbranched alkanes of at least 4 members (excludes halogenated alkanes) is 1. The number of carboxylic acid groups (broad SMARTS) is 1. The van der Waals surface area contributed by atoms with Gasteiger partial charge in [0.25, 0.3) is 0 Å². The summed E-state index contributed by atoms with van der Waals surface area (Å²) in [4.78, 5) is 24.8. The zero-order valence-electron chi connectivity index (χ0n) is 12.3. The van der Waals surface area contributed by atoms with Crippen LogP contribution in [0.2, 0.25) is 0 Å². The number of carboxylic acids is 1. The molecule has 0 saturated heterocycles. The normalized spacial score (nSPS) is 10.4. The van der Waals surface area contributed by atoms with E-state index in [0.29, 0.717) is 25.8 Å². The molecule has 0 bridgehead atoms. The highest BCUT2D eigenvalue weighted by atomic mass is 32.1. The van der Waals surface area contributed by atoms with Gasteiger partial charge in [-0.3, -0.25) is 9.59 Å². The zero-order valence-corrected chi connectivity index (χ0v) is 13.1. The van der Waals surface area contributed by atoms with Gasteiger partial charge in [-0.05, 0) is 47.4 Å². The Hall–Kier alpha value is -2.14. The van der Waals surface area contributed by atoms with E-state index in [4.69, 9.17) is 5.11 Å². The van der Waals surface area contributed by atoms with Crippen molar-refractivity contribution in [2.45, 2.75) is 32.2 Å². The van der Waals surface area contributed by atoms with Crippen molar-refractivity contribution < 1.29 is 14.7 Å². The minimum Gasteiger partial charge on any atom is -0.481 e. The van der Waals surface area contributed by atoms with Gasteiger partial charge in [0.2, 0.25) is 5.91 Å². The van der Waals surface area contributed by atoms with Crippen LogP contribution in [-0.4, -0.2) is 17.0 Å². The summed E-state index contributed by atoms with van der Waals surface area (Å²) in [5.41, 5.74) is 1.98. The molecular formula is C17H19NO3S. The van der Waals surface area contributed by atoms with Gasteiger partial charge in [-0.15, -0.1) is 0 Å². The van der Waals surface area contributed by atoms with E-state index in [1.807, 2.05) is 47.2 Å². The lowest BCUT2D eigenvalue weighted by atomic mass is 10.1. The fraction of sp³-hybridized carbons (Fsp3) is 0.294. The van der Waals surface area contributed by atoms with Crippen LogP contribution in [-0.2, 0) is 16.1 Å². The van der Waals surface area contributed by atoms with Crippen LogP contribution in [0.4, 0.5) is 5.69 Å². The lowest BCUT2D eigenvalue weighted by molar-refractivity contribution is -0.137. The van der Waals surface area contributed by atoms with Crippen LogP contribution in [0.1, 0.15) is 31.2 Å². The number of benzene rings is 1. The van der Waals surface area contributed by atoms with Crippen molar-refractivity contribution in [1.82, 2.24) is 0 Å². The van der Waals surface area contributed by atoms with Gasteiger partial charge in [0.1, 0.15) is 0 Å². The number of para-hydroxylation sites is 1. The number of hydrogen-bond donors (Lipinski definition) is 1. The molecule has 0 saturated carbocycles. The number of thiophene rings is 1. The topological polar surface area (TPSA) is 57.6 Å². The Morgan fingerprint density at radius 3 is 2.41 bits per heavy atom. The maximum Gasteiger partial charge on any atom is 0.303 e. The Balaban J connectivity index is 2.00. The van der Waals surface area contributed by atoms with Crippen molar-refractivity contribution in [3.63, 3.8) is 0 Å². The Bertz CT molecular complexity index is 596. The van der Waals surface area contributed by atoms with E-state index < -0.39 is 5.97 Å². The van der Waals surface area contributed by atoms with Crippen molar-refractivity contribution >= 4 is 28.9 Å². The first kappa shape index (κ1) is 16.2. The summed E-state index contributed by atoms with van der Waals surface area (Å²) in [6, 6.07) is 11.6. The van der Waals surface area contributed by atoms with Crippen molar-refractivity contribution in [2.75, 3.05) is 4.90 Å². The molecule has 4 nitrogen and oxygen atoms in total. The standard InChI is InChI=1S/C17H19NO3S/c19-16(8-4-5-9-17(20)21)18(12-14-10-11-22-13-14)15-6-2-1-3-7-15/h1-3,6-7,10-11,13H,4-5,8-9,12H2,(H,20,21). The zero-order chi connectivity index (χ0) is 15.8. The van der Waals surface area contributed by atoms with Gasteiger partial charge in [-0.2, -0.15) is 11.3 Å². The average molecular weight is 317 g/mol. The summed E-state index contributed by atoms with van der Waals surface area (Å²) in [5.74, 6) is -0.784. The Morgan fingerprint density at radius 1 is 1.05 bits per heavy atom. The van der Waals surface area contributed by atoms with Gasteiger partial charge in [0, 0.05) is 18.5 Å². The number of amides is 1. The third-order valence-electron chi connectivity index (χ3n) is 3.32. The van der Waals surface area contributed by atoms with Gasteiger partial charge < -0.3 is 10.0 Å². The molecule has 22 heavy (non-hydrogen) atoms. The highest BCUT2D eigenvalue weighted by molar-refractivity contribution is 7.07. The first-order valence-corrected chi connectivity index (χ1v) is 8.19. The van der Waals surface area contributed by atoms with Gasteiger partial charge in [0.15, 0.2) is 0 Å². The van der Waals surface area contributed by atoms with E-state index in [2.05, 4.69) is 0 Å². The van der Waals surface area contributed by atoms with Gasteiger partial charge in [-0.1, -0.05) is 18.2 Å². The summed E-state index contributed by atoms with van der Waals surface area (Å²) < 4.78 is 0. The monoisotopic (exact) mass is 317 g/mol. The molecule has 2 aromatic rings. The Morgan fingerprint density at radius 2 is 1.77 bits per heavy atom. The smallest absolute Gasteiger partial charge is 0.303 e. The lowest BCUT2D eigenvalue weighted by Gasteiger charge is -2.22. The summed E-state index contributed by atoms with van der Waals surface area (Å²) in [6.45, 7) is 0.547. The van der Waals surface area contributed by atoms with E-state index in [0.717, 1.165) is 11.3 Å². The van der Waals surface area contributed by atoms with E-state index >= 15 is 0 Å². The van der Waals surface area contributed by atoms with Gasteiger partial charge in [0.05, 0.1) is 6.54 Å². The number of carbonyl (C=O) groups excluding carboxylic acids is 1. The minimum absolute atomic E-state index is 0.0304. The van der Waals surface area contributed by atoms with Crippen LogP contribution in [0.25, 0.3) is 0 Å². The van der Waals surface area contributed by atoms with Crippen LogP contribution in [0.5, 0.6) is 0 Å². The van der Waals surface area contributed by atoms with E-state index in [1.165, 1.54) is 0 Å². The summed E-state index contributed by atoms with van der Waals surface area (Å²) >= 11 is 1.61. The predicted molar refractivity (Wildman–Crippen MR) is 88.1 cm³/mol. The predicted octanol–water partition coefficient (Wildman–Crippen LogP) is 3.93. The second kappa shape index (κ2) is 8.34. The third-order valence-corrected chi connectivity index (χ3v) is 4.05. The van der Waals surface area contributed by atoms with Crippen molar-refractivity contribution in [3.05, 3.63) is 52.7 Å². The molecule has 1 aromatic heterocycles. The molecule has 116 valence electrons. The minimum atomic E-state index is -0.814. The molecule has 0 radical (unpaired) electrons. The third kappa shape index (κ3) is 5.00. The molecule has 0 aliphatic carbocycles. The average Bonchev–Trinajstić information content (AvgIpc) is 3.03. The molecule has 0 atom stereocenters. The second-order valence-electron chi connectivity index (χ2n) is 5.05. The van der Waals surface area contributed by atoms with Gasteiger partial charge in [-0.25, -0.2) is 0 Å². The molecule has 0 fully saturated rings. The summed E-state index contributed by atoms with van der Waals surface area (Å²) in [7, 11) is 0. The van der Waals surface area contributed by atoms with Crippen LogP contribution in [0.15, 0.2) is 47.2 Å². The van der Waals surface area contributed by atoms with E-state index in [1.54, 1.807) is 16.2 Å². The maximum absolute atomic E-state index is 12.5. The van der Waals surface area contributed by atoms with Crippen LogP contribution >= 0.6 is 11.3 Å². The molecule has 0 aliphatic rings. The SMILES string of the molecule is O=C(O)CCCCC(=O)N(Cc1ccsc1)c1ccccc1. The summed E-state index contributed by atoms with van der Waals surface area (Å²) in [6.07, 6.45) is 1.61. The molecule has 2 rings (SSSR count). The molecule has 0 spiro atoms. The molecule has 0 unspecified atom stereocenters. The van der Waals surface area contributed by atoms with Crippen molar-refractivity contribution in [3.8, 4) is 0 Å². The molecule has 1 aromatic carbocycles. The van der Waals surface area contributed by atoms with Crippen LogP contribution < -0.4 is 4.90 Å². The molecule has 1 amide bonds. The molecular weight excluding hydrogens is 298 g/mol. The first-order chi connectivity index (χ1) is 10.7. The first-order valence-electron chi connectivity index (χ1n) is 7.25. The lowest BCUT2D eigenvalue weighted by Crippen LogP contribution is -2.30. The number of aliphatic carboxylic acids is 1. The fourth-order valence-electron chi connectivity index (χ4n) is 2.18. The number of anilines is 1.